The summed E-state index contributed by atoms with van der Waals surface area (Å²) in [6.07, 6.45) is 0.687. The molecule has 4 heteroatoms. The van der Waals surface area contributed by atoms with Gasteiger partial charge >= 0.3 is 0 Å². The number of fused-ring (bicyclic) bond motifs is 1. The summed E-state index contributed by atoms with van der Waals surface area (Å²) in [6.45, 7) is 0.580. The Labute approximate surface area is 117 Å². The largest absolute Gasteiger partial charge is 0.492 e. The highest BCUT2D eigenvalue weighted by atomic mass is 16.5. The van der Waals surface area contributed by atoms with Gasteiger partial charge in [-0.05, 0) is 24.3 Å². The molecule has 0 bridgehead atoms. The molecule has 100 valence electrons. The van der Waals surface area contributed by atoms with Crippen LogP contribution in [-0.2, 0) is 0 Å². The Bertz CT molecular complexity index is 651. The molecule has 20 heavy (non-hydrogen) atoms. The molecule has 0 saturated carbocycles. The molecule has 4 nitrogen and oxygen atoms in total. The Morgan fingerprint density at radius 3 is 2.65 bits per heavy atom. The van der Waals surface area contributed by atoms with Gasteiger partial charge in [0.2, 0.25) is 0 Å². The number of rotatable bonds is 2. The summed E-state index contributed by atoms with van der Waals surface area (Å²) in [7, 11) is 0. The summed E-state index contributed by atoms with van der Waals surface area (Å²) in [6, 6.07) is 16.7. The van der Waals surface area contributed by atoms with Crippen molar-refractivity contribution >= 4 is 11.6 Å². The topological polar surface area (TPSA) is 50.7 Å². The maximum Gasteiger partial charge on any atom is 0.271 e. The number of carbonyl (C=O) groups is 1. The number of ether oxygens (including phenoxy) is 1. The highest BCUT2D eigenvalue weighted by molar-refractivity contribution is 6.04. The minimum Gasteiger partial charge on any atom is -0.492 e. The third-order valence-electron chi connectivity index (χ3n) is 3.12. The minimum absolute atomic E-state index is 0.206. The fourth-order valence-electron chi connectivity index (χ4n) is 2.11. The van der Waals surface area contributed by atoms with Gasteiger partial charge in [-0.25, -0.2) is 5.43 Å². The molecular weight excluding hydrogens is 252 g/mol. The van der Waals surface area contributed by atoms with Crippen molar-refractivity contribution in [2.75, 3.05) is 6.61 Å². The summed E-state index contributed by atoms with van der Waals surface area (Å²) in [5.74, 6) is 0.605. The van der Waals surface area contributed by atoms with E-state index in [1.54, 1.807) is 12.1 Å². The van der Waals surface area contributed by atoms with Crippen LogP contribution in [0.25, 0.3) is 0 Å². The summed E-state index contributed by atoms with van der Waals surface area (Å²) >= 11 is 0. The molecule has 0 saturated heterocycles. The van der Waals surface area contributed by atoms with E-state index in [4.69, 9.17) is 4.74 Å². The Kier molecular flexibility index (Phi) is 3.46. The molecule has 0 fully saturated rings. The van der Waals surface area contributed by atoms with Crippen molar-refractivity contribution in [2.45, 2.75) is 6.42 Å². The number of hydrogen-bond donors (Lipinski definition) is 1. The van der Waals surface area contributed by atoms with E-state index in [1.807, 2.05) is 42.5 Å². The Morgan fingerprint density at radius 1 is 1.05 bits per heavy atom. The molecule has 1 N–H and O–H groups in total. The van der Waals surface area contributed by atoms with Crippen LogP contribution in [0.3, 0.4) is 0 Å². The summed E-state index contributed by atoms with van der Waals surface area (Å²) < 4.78 is 5.55. The monoisotopic (exact) mass is 266 g/mol. The van der Waals surface area contributed by atoms with Crippen molar-refractivity contribution in [2.24, 2.45) is 5.10 Å². The third-order valence-corrected chi connectivity index (χ3v) is 3.12. The number of nitrogens with zero attached hydrogens (tertiary/aromatic N) is 1. The molecule has 2 aromatic carbocycles. The van der Waals surface area contributed by atoms with E-state index in [0.717, 1.165) is 17.0 Å². The van der Waals surface area contributed by atoms with E-state index in [-0.39, 0.29) is 5.91 Å². The minimum atomic E-state index is -0.206. The zero-order chi connectivity index (χ0) is 13.8. The molecule has 0 aromatic heterocycles. The van der Waals surface area contributed by atoms with Crippen LogP contribution in [0.2, 0.25) is 0 Å². The maximum atomic E-state index is 11.9. The van der Waals surface area contributed by atoms with Gasteiger partial charge in [-0.15, -0.1) is 0 Å². The lowest BCUT2D eigenvalue weighted by molar-refractivity contribution is 0.0954. The predicted octanol–water partition coefficient (Wildman–Crippen LogP) is 2.60. The molecule has 0 unspecified atom stereocenters. The van der Waals surface area contributed by atoms with Crippen molar-refractivity contribution in [3.05, 3.63) is 65.7 Å². The van der Waals surface area contributed by atoms with E-state index in [0.29, 0.717) is 18.6 Å². The molecule has 1 heterocycles. The molecule has 0 radical (unpaired) electrons. The number of hydrazone groups is 1. The first-order valence-electron chi connectivity index (χ1n) is 6.49. The second kappa shape index (κ2) is 5.57. The van der Waals surface area contributed by atoms with Crippen molar-refractivity contribution in [3.63, 3.8) is 0 Å². The first-order chi connectivity index (χ1) is 9.84. The number of carbonyl (C=O) groups excluding carboxylic acids is 1. The van der Waals surface area contributed by atoms with Crippen LogP contribution in [0.5, 0.6) is 5.75 Å². The lowest BCUT2D eigenvalue weighted by Crippen LogP contribution is -2.23. The van der Waals surface area contributed by atoms with Crippen LogP contribution < -0.4 is 10.2 Å². The average Bonchev–Trinajstić information content (AvgIpc) is 2.53. The lowest BCUT2D eigenvalue weighted by Gasteiger charge is -2.18. The zero-order valence-corrected chi connectivity index (χ0v) is 10.9. The van der Waals surface area contributed by atoms with Crippen LogP contribution in [0.4, 0.5) is 0 Å². The van der Waals surface area contributed by atoms with Gasteiger partial charge in [0.05, 0.1) is 12.3 Å². The SMILES string of the molecule is O=C(NN=C1CCOc2ccccc21)c1ccccc1. The van der Waals surface area contributed by atoms with E-state index in [1.165, 1.54) is 0 Å². The Balaban J connectivity index is 1.79. The summed E-state index contributed by atoms with van der Waals surface area (Å²) in [5.41, 5.74) is 4.98. The highest BCUT2D eigenvalue weighted by Crippen LogP contribution is 2.24. The quantitative estimate of drug-likeness (QED) is 0.849. The number of benzene rings is 2. The smallest absolute Gasteiger partial charge is 0.271 e. The fraction of sp³-hybridized carbons (Fsp3) is 0.125. The second-order valence-corrected chi connectivity index (χ2v) is 4.46. The number of amides is 1. The van der Waals surface area contributed by atoms with Gasteiger partial charge in [-0.1, -0.05) is 30.3 Å². The van der Waals surface area contributed by atoms with Crippen molar-refractivity contribution in [3.8, 4) is 5.75 Å². The molecule has 1 aliphatic rings. The van der Waals surface area contributed by atoms with E-state index in [9.17, 15) is 4.79 Å². The third kappa shape index (κ3) is 2.54. The van der Waals surface area contributed by atoms with E-state index >= 15 is 0 Å². The van der Waals surface area contributed by atoms with Crippen molar-refractivity contribution in [1.82, 2.24) is 5.43 Å². The van der Waals surface area contributed by atoms with Crippen molar-refractivity contribution < 1.29 is 9.53 Å². The van der Waals surface area contributed by atoms with Gasteiger partial charge in [0.25, 0.3) is 5.91 Å². The van der Waals surface area contributed by atoms with Crippen molar-refractivity contribution in [1.29, 1.82) is 0 Å². The zero-order valence-electron chi connectivity index (χ0n) is 10.9. The Hall–Kier alpha value is -2.62. The highest BCUT2D eigenvalue weighted by Gasteiger charge is 2.16. The van der Waals surface area contributed by atoms with E-state index in [2.05, 4.69) is 10.5 Å². The van der Waals surface area contributed by atoms with Gasteiger partial charge in [0.1, 0.15) is 5.75 Å². The summed E-state index contributed by atoms with van der Waals surface area (Å²) in [4.78, 5) is 11.9. The molecular formula is C16H14N2O2. The van der Waals surface area contributed by atoms with E-state index < -0.39 is 0 Å². The molecule has 1 amide bonds. The normalized spacial score (nSPS) is 15.3. The molecule has 1 aliphatic heterocycles. The number of para-hydroxylation sites is 1. The van der Waals surface area contributed by atoms with Gasteiger partial charge in [-0.2, -0.15) is 5.10 Å². The standard InChI is InChI=1S/C16H14N2O2/c19-16(12-6-2-1-3-7-12)18-17-14-10-11-20-15-9-5-4-8-13(14)15/h1-9H,10-11H2,(H,18,19). The van der Waals surface area contributed by atoms with Gasteiger partial charge in [0.15, 0.2) is 0 Å². The van der Waals surface area contributed by atoms with Gasteiger partial charge in [-0.3, -0.25) is 4.79 Å². The summed E-state index contributed by atoms with van der Waals surface area (Å²) in [5, 5.41) is 4.24. The second-order valence-electron chi connectivity index (χ2n) is 4.46. The van der Waals surface area contributed by atoms with Crippen LogP contribution in [0.15, 0.2) is 59.7 Å². The maximum absolute atomic E-state index is 11.9. The number of hydrogen-bond acceptors (Lipinski definition) is 3. The van der Waals surface area contributed by atoms with Crippen LogP contribution in [0, 0.1) is 0 Å². The average molecular weight is 266 g/mol. The van der Waals surface area contributed by atoms with Crippen LogP contribution >= 0.6 is 0 Å². The Morgan fingerprint density at radius 2 is 1.80 bits per heavy atom. The molecule has 2 aromatic rings. The first kappa shape index (κ1) is 12.4. The molecule has 0 spiro atoms. The molecule has 3 rings (SSSR count). The van der Waals surface area contributed by atoms with Crippen LogP contribution in [-0.4, -0.2) is 18.2 Å². The lowest BCUT2D eigenvalue weighted by atomic mass is 10.0. The molecule has 0 aliphatic carbocycles. The van der Waals surface area contributed by atoms with Gasteiger partial charge < -0.3 is 4.74 Å². The van der Waals surface area contributed by atoms with Crippen LogP contribution in [0.1, 0.15) is 22.3 Å². The number of nitrogens with one attached hydrogen (secondary N) is 1. The predicted molar refractivity (Wildman–Crippen MR) is 77.0 cm³/mol. The fourth-order valence-corrected chi connectivity index (χ4v) is 2.11. The first-order valence-corrected chi connectivity index (χ1v) is 6.49. The molecule has 0 atom stereocenters. The van der Waals surface area contributed by atoms with Gasteiger partial charge in [0, 0.05) is 17.5 Å².